The number of ether oxygens (including phenoxy) is 1. The quantitative estimate of drug-likeness (QED) is 0.837. The molecule has 0 aromatic heterocycles. The van der Waals surface area contributed by atoms with Gasteiger partial charge in [-0.2, -0.15) is 0 Å². The molecule has 1 fully saturated rings. The molecule has 25 heavy (non-hydrogen) atoms. The van der Waals surface area contributed by atoms with Crippen LogP contribution in [0.2, 0.25) is 0 Å². The lowest BCUT2D eigenvalue weighted by Gasteiger charge is -2.36. The molecule has 0 unspecified atom stereocenters. The second-order valence-corrected chi connectivity index (χ2v) is 6.07. The summed E-state index contributed by atoms with van der Waals surface area (Å²) in [6.07, 6.45) is 0.867. The van der Waals surface area contributed by atoms with E-state index in [9.17, 15) is 9.18 Å². The van der Waals surface area contributed by atoms with Gasteiger partial charge < -0.3 is 14.5 Å². The van der Waals surface area contributed by atoms with Gasteiger partial charge in [-0.15, -0.1) is 0 Å². The van der Waals surface area contributed by atoms with Crippen LogP contribution in [-0.4, -0.2) is 43.6 Å². The number of aryl methyl sites for hydroxylation is 1. The van der Waals surface area contributed by atoms with Gasteiger partial charge in [0.25, 0.3) is 5.91 Å². The van der Waals surface area contributed by atoms with Gasteiger partial charge in [0.1, 0.15) is 11.6 Å². The Morgan fingerprint density at radius 3 is 2.44 bits per heavy atom. The maximum absolute atomic E-state index is 13.9. The first-order chi connectivity index (χ1) is 12.2. The molecule has 0 spiro atoms. The van der Waals surface area contributed by atoms with Crippen molar-refractivity contribution in [3.63, 3.8) is 0 Å². The van der Waals surface area contributed by atoms with Crippen LogP contribution in [0.15, 0.2) is 48.5 Å². The van der Waals surface area contributed by atoms with Crippen molar-refractivity contribution >= 4 is 11.6 Å². The Kier molecular flexibility index (Phi) is 5.53. The Balaban J connectivity index is 1.53. The number of anilines is 1. The van der Waals surface area contributed by atoms with Crippen molar-refractivity contribution in [3.8, 4) is 5.75 Å². The highest BCUT2D eigenvalue weighted by Gasteiger charge is 2.23. The molecule has 0 N–H and O–H groups in total. The fraction of sp³-hybridized carbons (Fsp3) is 0.350. The Hall–Kier alpha value is -2.56. The molecular weight excluding hydrogens is 319 g/mol. The van der Waals surface area contributed by atoms with E-state index in [4.69, 9.17) is 4.74 Å². The smallest absolute Gasteiger partial charge is 0.260 e. The second kappa shape index (κ2) is 8.01. The summed E-state index contributed by atoms with van der Waals surface area (Å²) in [5, 5.41) is 0. The van der Waals surface area contributed by atoms with Crippen molar-refractivity contribution in [2.24, 2.45) is 0 Å². The number of amides is 1. The third kappa shape index (κ3) is 4.10. The topological polar surface area (TPSA) is 32.8 Å². The lowest BCUT2D eigenvalue weighted by atomic mass is 10.1. The van der Waals surface area contributed by atoms with Crippen LogP contribution in [0.25, 0.3) is 0 Å². The van der Waals surface area contributed by atoms with Gasteiger partial charge in [-0.1, -0.05) is 37.3 Å². The van der Waals surface area contributed by atoms with Crippen LogP contribution in [0.5, 0.6) is 5.75 Å². The van der Waals surface area contributed by atoms with Gasteiger partial charge >= 0.3 is 0 Å². The fourth-order valence-electron chi connectivity index (χ4n) is 3.07. The van der Waals surface area contributed by atoms with Gasteiger partial charge in [-0.3, -0.25) is 4.79 Å². The molecule has 5 heteroatoms. The molecule has 1 aliphatic rings. The molecule has 2 aromatic carbocycles. The van der Waals surface area contributed by atoms with Crippen LogP contribution >= 0.6 is 0 Å². The van der Waals surface area contributed by atoms with Crippen molar-refractivity contribution in [2.45, 2.75) is 13.3 Å². The molecule has 4 nitrogen and oxygen atoms in total. The minimum atomic E-state index is -0.221. The summed E-state index contributed by atoms with van der Waals surface area (Å²) in [6, 6.07) is 14.5. The number of hydrogen-bond acceptors (Lipinski definition) is 3. The number of benzene rings is 2. The minimum Gasteiger partial charge on any atom is -0.483 e. The number of nitrogens with zero attached hydrogens (tertiary/aromatic N) is 2. The average molecular weight is 342 g/mol. The zero-order valence-corrected chi connectivity index (χ0v) is 14.5. The predicted octanol–water partition coefficient (Wildman–Crippen LogP) is 3.12. The highest BCUT2D eigenvalue weighted by atomic mass is 19.1. The summed E-state index contributed by atoms with van der Waals surface area (Å²) in [4.78, 5) is 16.2. The third-order valence-corrected chi connectivity index (χ3v) is 4.53. The van der Waals surface area contributed by atoms with E-state index in [0.29, 0.717) is 31.9 Å². The molecule has 1 saturated heterocycles. The van der Waals surface area contributed by atoms with Crippen LogP contribution in [0.1, 0.15) is 12.5 Å². The van der Waals surface area contributed by atoms with Crippen molar-refractivity contribution in [3.05, 3.63) is 59.9 Å². The monoisotopic (exact) mass is 342 g/mol. The summed E-state index contributed by atoms with van der Waals surface area (Å²) >= 11 is 0. The van der Waals surface area contributed by atoms with Crippen LogP contribution in [0.4, 0.5) is 10.1 Å². The summed E-state index contributed by atoms with van der Waals surface area (Å²) in [5.74, 6) is 0.518. The number of hydrogen-bond donors (Lipinski definition) is 0. The number of carbonyl (C=O) groups is 1. The van der Waals surface area contributed by atoms with Gasteiger partial charge in [0.2, 0.25) is 0 Å². The van der Waals surface area contributed by atoms with Crippen LogP contribution < -0.4 is 9.64 Å². The van der Waals surface area contributed by atoms with E-state index >= 15 is 0 Å². The van der Waals surface area contributed by atoms with E-state index in [2.05, 4.69) is 6.92 Å². The molecule has 1 aliphatic heterocycles. The standard InChI is InChI=1S/C20H23FN2O2/c1-2-16-7-3-6-10-19(16)25-15-20(24)23-13-11-22(12-14-23)18-9-5-4-8-17(18)21/h3-10H,2,11-15H2,1H3. The highest BCUT2D eigenvalue weighted by molar-refractivity contribution is 5.78. The normalized spacial score (nSPS) is 14.5. The molecule has 0 aliphatic carbocycles. The first kappa shape index (κ1) is 17.3. The van der Waals surface area contributed by atoms with Gasteiger partial charge in [-0.25, -0.2) is 4.39 Å². The maximum atomic E-state index is 13.9. The Labute approximate surface area is 147 Å². The molecule has 132 valence electrons. The van der Waals surface area contributed by atoms with E-state index in [1.165, 1.54) is 6.07 Å². The summed E-state index contributed by atoms with van der Waals surface area (Å²) in [6.45, 7) is 4.50. The highest BCUT2D eigenvalue weighted by Crippen LogP contribution is 2.21. The summed E-state index contributed by atoms with van der Waals surface area (Å²) < 4.78 is 19.6. The third-order valence-electron chi connectivity index (χ3n) is 4.53. The molecule has 0 saturated carbocycles. The number of halogens is 1. The Morgan fingerprint density at radius 1 is 1.04 bits per heavy atom. The van der Waals surface area contributed by atoms with E-state index in [-0.39, 0.29) is 18.3 Å². The molecule has 0 atom stereocenters. The number of para-hydroxylation sites is 2. The van der Waals surface area contributed by atoms with Gasteiger partial charge in [0.15, 0.2) is 6.61 Å². The Morgan fingerprint density at radius 2 is 1.72 bits per heavy atom. The van der Waals surface area contributed by atoms with Crippen molar-refractivity contribution < 1.29 is 13.9 Å². The molecule has 3 rings (SSSR count). The van der Waals surface area contributed by atoms with Gasteiger partial charge in [-0.05, 0) is 30.2 Å². The number of rotatable bonds is 5. The lowest BCUT2D eigenvalue weighted by Crippen LogP contribution is -2.50. The zero-order chi connectivity index (χ0) is 17.6. The number of piperazine rings is 1. The fourth-order valence-corrected chi connectivity index (χ4v) is 3.07. The van der Waals surface area contributed by atoms with E-state index < -0.39 is 0 Å². The predicted molar refractivity (Wildman–Crippen MR) is 96.5 cm³/mol. The number of carbonyl (C=O) groups excluding carboxylic acids is 1. The lowest BCUT2D eigenvalue weighted by molar-refractivity contribution is -0.133. The van der Waals surface area contributed by atoms with Crippen molar-refractivity contribution in [1.82, 2.24) is 4.90 Å². The zero-order valence-electron chi connectivity index (χ0n) is 14.5. The first-order valence-electron chi connectivity index (χ1n) is 8.67. The van der Waals surface area contributed by atoms with Crippen molar-refractivity contribution in [1.29, 1.82) is 0 Å². The van der Waals surface area contributed by atoms with Crippen LogP contribution in [0.3, 0.4) is 0 Å². The summed E-state index contributed by atoms with van der Waals surface area (Å²) in [5.41, 5.74) is 1.70. The van der Waals surface area contributed by atoms with Crippen LogP contribution in [0, 0.1) is 5.82 Å². The summed E-state index contributed by atoms with van der Waals surface area (Å²) in [7, 11) is 0. The maximum Gasteiger partial charge on any atom is 0.260 e. The average Bonchev–Trinajstić information content (AvgIpc) is 2.67. The molecule has 0 bridgehead atoms. The minimum absolute atomic E-state index is 0.0286. The van der Waals surface area contributed by atoms with E-state index in [0.717, 1.165) is 17.7 Å². The van der Waals surface area contributed by atoms with E-state index in [1.807, 2.05) is 35.2 Å². The molecule has 1 heterocycles. The van der Waals surface area contributed by atoms with E-state index in [1.54, 1.807) is 17.0 Å². The first-order valence-corrected chi connectivity index (χ1v) is 8.67. The Bertz CT molecular complexity index is 727. The SMILES string of the molecule is CCc1ccccc1OCC(=O)N1CCN(c2ccccc2F)CC1. The largest absolute Gasteiger partial charge is 0.483 e. The van der Waals surface area contributed by atoms with Gasteiger partial charge in [0, 0.05) is 26.2 Å². The second-order valence-electron chi connectivity index (χ2n) is 6.07. The molecule has 2 aromatic rings. The van der Waals surface area contributed by atoms with Gasteiger partial charge in [0.05, 0.1) is 5.69 Å². The van der Waals surface area contributed by atoms with Crippen molar-refractivity contribution in [2.75, 3.05) is 37.7 Å². The van der Waals surface area contributed by atoms with Crippen LogP contribution in [-0.2, 0) is 11.2 Å². The molecule has 1 amide bonds. The molecular formula is C20H23FN2O2. The molecule has 0 radical (unpaired) electrons.